The molecule has 11 heteroatoms. The second-order valence-corrected chi connectivity index (χ2v) is 9.60. The third-order valence-corrected chi connectivity index (χ3v) is 7.01. The van der Waals surface area contributed by atoms with Crippen LogP contribution in [0.5, 0.6) is 11.5 Å². The minimum absolute atomic E-state index is 0.176. The first-order valence-corrected chi connectivity index (χ1v) is 12.7. The van der Waals surface area contributed by atoms with Crippen LogP contribution in [-0.2, 0) is 27.1 Å². The topological polar surface area (TPSA) is 118 Å². The van der Waals surface area contributed by atoms with Crippen LogP contribution < -0.4 is 19.1 Å². The first-order valence-electron chi connectivity index (χ1n) is 10.4. The lowest BCUT2D eigenvalue weighted by atomic mass is 9.89. The molecule has 3 rings (SSSR count). The summed E-state index contributed by atoms with van der Waals surface area (Å²) in [5, 5.41) is 2.61. The van der Waals surface area contributed by atoms with Gasteiger partial charge < -0.3 is 9.47 Å². The summed E-state index contributed by atoms with van der Waals surface area (Å²) >= 11 is 1.43. The summed E-state index contributed by atoms with van der Waals surface area (Å²) in [6.07, 6.45) is 0.729. The monoisotopic (exact) mass is 505 g/mol. The Morgan fingerprint density at radius 2 is 1.85 bits per heavy atom. The standard InChI is InChI=1S/C23H27N3O6S2/c1-6-17-14-33-22(24-17)23(3,16-10-12-18(13-11-16)25-34(28,29)30)26(15(2)27)19-8-7-9-20(31-4)21(19)32-5/h7-14,25H,6H2,1-5H3,(H,28,29,30)/t23-/m0/s1. The molecule has 0 aliphatic heterocycles. The number of nitrogens with one attached hydrogen (secondary N) is 1. The SMILES string of the molecule is CCc1csc([C@](C)(c2ccc(NS(=O)(=O)O)cc2)N(C(C)=O)c2cccc(OC)c2OC)n1. The molecule has 34 heavy (non-hydrogen) atoms. The van der Waals surface area contributed by atoms with Gasteiger partial charge in [0.15, 0.2) is 11.5 Å². The van der Waals surface area contributed by atoms with Crippen LogP contribution >= 0.6 is 11.3 Å². The number of aryl methyl sites for hydroxylation is 1. The van der Waals surface area contributed by atoms with Crippen molar-refractivity contribution in [2.24, 2.45) is 0 Å². The number of hydrogen-bond donors (Lipinski definition) is 2. The number of rotatable bonds is 9. The number of aromatic nitrogens is 1. The number of carbonyl (C=O) groups excluding carboxylic acids is 1. The number of anilines is 2. The van der Waals surface area contributed by atoms with Crippen LogP contribution in [-0.4, -0.2) is 38.1 Å². The fraction of sp³-hybridized carbons (Fsp3) is 0.304. The molecular weight excluding hydrogens is 478 g/mol. The Bertz CT molecular complexity index is 1270. The highest BCUT2D eigenvalue weighted by atomic mass is 32.2. The Balaban J connectivity index is 2.28. The smallest absolute Gasteiger partial charge is 0.357 e. The molecule has 1 atom stereocenters. The molecule has 1 heterocycles. The molecule has 0 fully saturated rings. The minimum atomic E-state index is -4.42. The molecule has 0 bridgehead atoms. The Kier molecular flexibility index (Phi) is 7.49. The highest BCUT2D eigenvalue weighted by Gasteiger charge is 2.42. The molecule has 0 saturated carbocycles. The van der Waals surface area contributed by atoms with Gasteiger partial charge in [-0.25, -0.2) is 4.98 Å². The maximum absolute atomic E-state index is 13.2. The fourth-order valence-corrected chi connectivity index (χ4v) is 5.33. The molecule has 1 aromatic heterocycles. The summed E-state index contributed by atoms with van der Waals surface area (Å²) in [6.45, 7) is 5.33. The Morgan fingerprint density at radius 3 is 2.35 bits per heavy atom. The average molecular weight is 506 g/mol. The lowest BCUT2D eigenvalue weighted by Crippen LogP contribution is -2.48. The predicted molar refractivity (Wildman–Crippen MR) is 132 cm³/mol. The van der Waals surface area contributed by atoms with E-state index in [4.69, 9.17) is 19.0 Å². The van der Waals surface area contributed by atoms with Gasteiger partial charge in [-0.3, -0.25) is 19.0 Å². The minimum Gasteiger partial charge on any atom is -0.493 e. The summed E-state index contributed by atoms with van der Waals surface area (Å²) in [4.78, 5) is 19.6. The van der Waals surface area contributed by atoms with E-state index in [0.29, 0.717) is 27.8 Å². The van der Waals surface area contributed by atoms with Crippen molar-refractivity contribution in [1.29, 1.82) is 0 Å². The van der Waals surface area contributed by atoms with Crippen LogP contribution in [0, 0.1) is 0 Å². The van der Waals surface area contributed by atoms with Crippen LogP contribution in [0.25, 0.3) is 0 Å². The molecule has 0 radical (unpaired) electrons. The molecule has 0 saturated heterocycles. The number of nitrogens with zero attached hydrogens (tertiary/aromatic N) is 2. The van der Waals surface area contributed by atoms with Crippen molar-refractivity contribution in [2.75, 3.05) is 23.8 Å². The molecule has 0 aliphatic carbocycles. The molecule has 3 aromatic rings. The van der Waals surface area contributed by atoms with Crippen molar-refractivity contribution in [2.45, 2.75) is 32.7 Å². The Labute approximate surface area is 203 Å². The predicted octanol–water partition coefficient (Wildman–Crippen LogP) is 4.25. The lowest BCUT2D eigenvalue weighted by Gasteiger charge is -2.40. The first-order chi connectivity index (χ1) is 16.0. The molecule has 0 unspecified atom stereocenters. The lowest BCUT2D eigenvalue weighted by molar-refractivity contribution is -0.117. The Morgan fingerprint density at radius 1 is 1.18 bits per heavy atom. The molecule has 9 nitrogen and oxygen atoms in total. The van der Waals surface area contributed by atoms with Gasteiger partial charge >= 0.3 is 10.3 Å². The summed E-state index contributed by atoms with van der Waals surface area (Å²) in [7, 11) is -1.40. The van der Waals surface area contributed by atoms with E-state index in [-0.39, 0.29) is 11.6 Å². The van der Waals surface area contributed by atoms with Gasteiger partial charge in [-0.15, -0.1) is 11.3 Å². The molecular formula is C23H27N3O6S2. The molecule has 0 spiro atoms. The largest absolute Gasteiger partial charge is 0.493 e. The number of para-hydroxylation sites is 1. The van der Waals surface area contributed by atoms with E-state index in [0.717, 1.165) is 12.1 Å². The summed E-state index contributed by atoms with van der Waals surface area (Å²) in [5.74, 6) is 0.598. The summed E-state index contributed by atoms with van der Waals surface area (Å²) < 4.78 is 44.6. The van der Waals surface area contributed by atoms with Gasteiger partial charge in [-0.2, -0.15) is 8.42 Å². The molecule has 2 aromatic carbocycles. The molecule has 1 amide bonds. The number of carbonyl (C=O) groups is 1. The zero-order valence-corrected chi connectivity index (χ0v) is 21.2. The van der Waals surface area contributed by atoms with Gasteiger partial charge in [-0.05, 0) is 43.2 Å². The second-order valence-electron chi connectivity index (χ2n) is 7.59. The molecule has 0 aliphatic rings. The number of hydrogen-bond acceptors (Lipinski definition) is 7. The van der Waals surface area contributed by atoms with Crippen molar-refractivity contribution >= 4 is 38.9 Å². The molecule has 2 N–H and O–H groups in total. The van der Waals surface area contributed by atoms with Crippen LogP contribution in [0.3, 0.4) is 0 Å². The maximum Gasteiger partial charge on any atom is 0.357 e. The quantitative estimate of drug-likeness (QED) is 0.417. The normalized spacial score (nSPS) is 13.1. The highest BCUT2D eigenvalue weighted by Crippen LogP contribution is 2.46. The van der Waals surface area contributed by atoms with Crippen molar-refractivity contribution in [1.82, 2.24) is 4.98 Å². The number of ether oxygens (including phenoxy) is 2. The molecule has 182 valence electrons. The van der Waals surface area contributed by atoms with Crippen LogP contribution in [0.4, 0.5) is 11.4 Å². The fourth-order valence-electron chi connectivity index (χ4n) is 3.82. The van der Waals surface area contributed by atoms with E-state index in [2.05, 4.69) is 0 Å². The van der Waals surface area contributed by atoms with E-state index >= 15 is 0 Å². The van der Waals surface area contributed by atoms with Gasteiger partial charge in [0.25, 0.3) is 0 Å². The maximum atomic E-state index is 13.2. The third kappa shape index (κ3) is 5.01. The van der Waals surface area contributed by atoms with Gasteiger partial charge in [0.1, 0.15) is 10.5 Å². The summed E-state index contributed by atoms with van der Waals surface area (Å²) in [5.41, 5.74) is 1.14. The number of methoxy groups -OCH3 is 2. The number of benzene rings is 2. The second kappa shape index (κ2) is 10.00. The van der Waals surface area contributed by atoms with Crippen molar-refractivity contribution in [3.63, 3.8) is 0 Å². The van der Waals surface area contributed by atoms with Crippen LogP contribution in [0.1, 0.15) is 37.0 Å². The van der Waals surface area contributed by atoms with Crippen molar-refractivity contribution in [3.8, 4) is 11.5 Å². The van der Waals surface area contributed by atoms with Gasteiger partial charge in [-0.1, -0.05) is 25.1 Å². The van der Waals surface area contributed by atoms with Crippen molar-refractivity contribution < 1.29 is 27.2 Å². The third-order valence-electron chi connectivity index (χ3n) is 5.41. The van der Waals surface area contributed by atoms with Gasteiger partial charge in [0.05, 0.1) is 31.3 Å². The zero-order valence-electron chi connectivity index (χ0n) is 19.5. The Hall–Kier alpha value is -3.15. The average Bonchev–Trinajstić information content (AvgIpc) is 3.28. The number of amides is 1. The van der Waals surface area contributed by atoms with E-state index in [9.17, 15) is 13.2 Å². The summed E-state index contributed by atoms with van der Waals surface area (Å²) in [6, 6.07) is 11.7. The van der Waals surface area contributed by atoms with E-state index in [1.54, 1.807) is 35.2 Å². The zero-order chi connectivity index (χ0) is 25.1. The van der Waals surface area contributed by atoms with Crippen molar-refractivity contribution in [3.05, 3.63) is 64.1 Å². The van der Waals surface area contributed by atoms with E-state index in [1.807, 2.05) is 23.9 Å². The van der Waals surface area contributed by atoms with Crippen LogP contribution in [0.15, 0.2) is 47.8 Å². The number of thiazole rings is 1. The van der Waals surface area contributed by atoms with Gasteiger partial charge in [0.2, 0.25) is 5.91 Å². The highest BCUT2D eigenvalue weighted by molar-refractivity contribution is 7.87. The van der Waals surface area contributed by atoms with E-state index in [1.165, 1.54) is 44.6 Å². The first kappa shape index (κ1) is 25.5. The van der Waals surface area contributed by atoms with Crippen LogP contribution in [0.2, 0.25) is 0 Å². The van der Waals surface area contributed by atoms with Gasteiger partial charge in [0, 0.05) is 12.3 Å². The van der Waals surface area contributed by atoms with E-state index < -0.39 is 15.8 Å².